The minimum Gasteiger partial charge on any atom is -0.208 e. The van der Waals surface area contributed by atoms with Crippen molar-refractivity contribution in [3.63, 3.8) is 0 Å². The van der Waals surface area contributed by atoms with Crippen LogP contribution in [0, 0.1) is 0 Å². The van der Waals surface area contributed by atoms with Crippen molar-refractivity contribution < 1.29 is 0 Å². The second-order valence-corrected chi connectivity index (χ2v) is 16.1. The number of hydrogen-bond donors (Lipinski definition) is 0. The fraction of sp³-hybridized carbons (Fsp3) is 0. The van der Waals surface area contributed by atoms with Gasteiger partial charge < -0.3 is 0 Å². The van der Waals surface area contributed by atoms with Crippen molar-refractivity contribution in [2.75, 3.05) is 0 Å². The van der Waals surface area contributed by atoms with Gasteiger partial charge in [-0.15, -0.1) is 21.5 Å². The molecule has 0 spiro atoms. The largest absolute Gasteiger partial charge is 0.208 e. The summed E-state index contributed by atoms with van der Waals surface area (Å²) in [5, 5.41) is 16.6. The van der Waals surface area contributed by atoms with Gasteiger partial charge in [0.1, 0.15) is 11.0 Å². The van der Waals surface area contributed by atoms with E-state index in [1.54, 1.807) is 16.1 Å². The zero-order valence-electron chi connectivity index (χ0n) is 32.1. The van der Waals surface area contributed by atoms with Crippen LogP contribution in [0.1, 0.15) is 0 Å². The Hall–Kier alpha value is -7.87. The van der Waals surface area contributed by atoms with Crippen LogP contribution in [0.25, 0.3) is 115 Å². The predicted molar refractivity (Wildman–Crippen MR) is 247 cm³/mol. The number of thiophene rings is 1. The molecular weight excluding hydrogens is 753 g/mol. The maximum absolute atomic E-state index is 5.31. The van der Waals surface area contributed by atoms with E-state index in [1.807, 2.05) is 48.5 Å². The van der Waals surface area contributed by atoms with Gasteiger partial charge in [0.15, 0.2) is 17.5 Å². The zero-order chi connectivity index (χ0) is 39.6. The van der Waals surface area contributed by atoms with Crippen LogP contribution in [0.2, 0.25) is 0 Å². The molecule has 9 aromatic carbocycles. The topological polar surface area (TPSA) is 69.4 Å². The maximum atomic E-state index is 5.31. The molecule has 0 aliphatic rings. The van der Waals surface area contributed by atoms with E-state index in [4.69, 9.17) is 25.1 Å². The molecule has 0 unspecified atom stereocenters. The van der Waals surface area contributed by atoms with Gasteiger partial charge in [-0.1, -0.05) is 127 Å². The van der Waals surface area contributed by atoms with Crippen molar-refractivity contribution in [2.45, 2.75) is 0 Å². The summed E-state index contributed by atoms with van der Waals surface area (Å²) < 4.78 is 2.49. The highest BCUT2D eigenvalue weighted by molar-refractivity contribution is 7.25. The summed E-state index contributed by atoms with van der Waals surface area (Å²) >= 11 is 1.80. The summed E-state index contributed by atoms with van der Waals surface area (Å²) in [7, 11) is 0. The highest BCUT2D eigenvalue weighted by Gasteiger charge is 2.18. The van der Waals surface area contributed by atoms with Gasteiger partial charge in [-0.3, -0.25) is 0 Å². The SMILES string of the molecule is c1ccc(-c2cc(-c3ccccc3)cc(-c3nc(-c4ccc5sc6ccccc6c5c4)nc(-c4ccc5ccc6ccc7nn(-c8ccccc8)nc7c6c5c4)n3)c2)cc1. The van der Waals surface area contributed by atoms with E-state index in [1.165, 1.54) is 20.2 Å². The van der Waals surface area contributed by atoms with E-state index in [2.05, 4.69) is 146 Å². The molecule has 280 valence electrons. The summed E-state index contributed by atoms with van der Waals surface area (Å²) in [5.41, 5.74) is 9.74. The number of hydrogen-bond acceptors (Lipinski definition) is 6. The minimum atomic E-state index is 0.593. The lowest BCUT2D eigenvalue weighted by atomic mass is 9.95. The molecule has 0 aliphatic heterocycles. The second-order valence-electron chi connectivity index (χ2n) is 15.0. The summed E-state index contributed by atoms with van der Waals surface area (Å²) in [6, 6.07) is 67.8. The molecule has 0 radical (unpaired) electrons. The van der Waals surface area contributed by atoms with E-state index in [-0.39, 0.29) is 0 Å². The summed E-state index contributed by atoms with van der Waals surface area (Å²) in [6.45, 7) is 0. The van der Waals surface area contributed by atoms with Crippen LogP contribution in [0.4, 0.5) is 0 Å². The number of aromatic nitrogens is 6. The normalized spacial score (nSPS) is 11.7. The van der Waals surface area contributed by atoms with Crippen molar-refractivity contribution in [1.82, 2.24) is 29.9 Å². The number of fused-ring (bicyclic) bond motifs is 8. The van der Waals surface area contributed by atoms with Gasteiger partial charge in [-0.2, -0.15) is 4.80 Å². The third-order valence-electron chi connectivity index (χ3n) is 11.3. The summed E-state index contributed by atoms with van der Waals surface area (Å²) in [6.07, 6.45) is 0. The van der Waals surface area contributed by atoms with Gasteiger partial charge in [0, 0.05) is 42.2 Å². The van der Waals surface area contributed by atoms with E-state index in [0.29, 0.717) is 17.5 Å². The van der Waals surface area contributed by atoms with Gasteiger partial charge in [0.05, 0.1) is 5.69 Å². The first-order valence-electron chi connectivity index (χ1n) is 19.9. The lowest BCUT2D eigenvalue weighted by molar-refractivity contribution is 0.766. The Kier molecular flexibility index (Phi) is 7.92. The lowest BCUT2D eigenvalue weighted by Crippen LogP contribution is -2.01. The molecule has 0 saturated heterocycles. The van der Waals surface area contributed by atoms with Crippen LogP contribution in [0.15, 0.2) is 194 Å². The number of benzene rings is 9. The number of nitrogens with zero attached hydrogens (tertiary/aromatic N) is 6. The highest BCUT2D eigenvalue weighted by Crippen LogP contribution is 2.39. The average Bonchev–Trinajstić information content (AvgIpc) is 3.94. The molecule has 12 aromatic rings. The highest BCUT2D eigenvalue weighted by atomic mass is 32.1. The molecule has 0 atom stereocenters. The van der Waals surface area contributed by atoms with Gasteiger partial charge in [-0.25, -0.2) is 15.0 Å². The molecule has 0 N–H and O–H groups in total. The Labute approximate surface area is 348 Å². The van der Waals surface area contributed by atoms with Crippen molar-refractivity contribution in [3.8, 4) is 62.1 Å². The first-order chi connectivity index (χ1) is 29.7. The molecule has 7 heteroatoms. The third-order valence-corrected chi connectivity index (χ3v) is 12.4. The zero-order valence-corrected chi connectivity index (χ0v) is 32.9. The summed E-state index contributed by atoms with van der Waals surface area (Å²) in [4.78, 5) is 17.6. The predicted octanol–water partition coefficient (Wildman–Crippen LogP) is 13.6. The molecule has 0 aliphatic carbocycles. The molecule has 12 rings (SSSR count). The molecule has 0 amide bonds. The van der Waals surface area contributed by atoms with E-state index < -0.39 is 0 Å². The van der Waals surface area contributed by atoms with E-state index in [9.17, 15) is 0 Å². The van der Waals surface area contributed by atoms with E-state index in [0.717, 1.165) is 77.2 Å². The Balaban J connectivity index is 1.09. The Morgan fingerprint density at radius 2 is 0.883 bits per heavy atom. The maximum Gasteiger partial charge on any atom is 0.164 e. The molecule has 60 heavy (non-hydrogen) atoms. The minimum absolute atomic E-state index is 0.593. The standard InChI is InChI=1S/C53H32N6S/c1-4-12-33(13-5-1)39-28-40(34-14-6-2-7-15-34)30-41(29-39)53-55-51(54-52(56-53)38-25-27-48-45(32-38)43-18-10-11-19-47(43)60-48)37-23-21-35-20-22-36-24-26-46-50(49(36)44(35)31-37)58-59(57-46)42-16-8-3-9-17-42/h1-32H. The fourth-order valence-electron chi connectivity index (χ4n) is 8.31. The molecule has 3 heterocycles. The molecule has 0 bridgehead atoms. The van der Waals surface area contributed by atoms with Crippen LogP contribution in [-0.2, 0) is 0 Å². The molecular formula is C53H32N6S. The first-order valence-corrected chi connectivity index (χ1v) is 20.7. The first kappa shape index (κ1) is 34.2. The third kappa shape index (κ3) is 5.91. The molecule has 6 nitrogen and oxygen atoms in total. The number of para-hydroxylation sites is 1. The van der Waals surface area contributed by atoms with Crippen LogP contribution in [0.5, 0.6) is 0 Å². The Morgan fingerprint density at radius 1 is 0.350 bits per heavy atom. The second kappa shape index (κ2) is 13.9. The average molecular weight is 785 g/mol. The van der Waals surface area contributed by atoms with Gasteiger partial charge in [-0.05, 0) is 105 Å². The Morgan fingerprint density at radius 3 is 1.60 bits per heavy atom. The molecule has 0 fully saturated rings. The van der Waals surface area contributed by atoms with Crippen LogP contribution < -0.4 is 0 Å². The monoisotopic (exact) mass is 784 g/mol. The molecule has 3 aromatic heterocycles. The fourth-order valence-corrected chi connectivity index (χ4v) is 9.40. The lowest BCUT2D eigenvalue weighted by Gasteiger charge is -2.13. The molecule has 0 saturated carbocycles. The van der Waals surface area contributed by atoms with Crippen molar-refractivity contribution in [3.05, 3.63) is 194 Å². The van der Waals surface area contributed by atoms with Gasteiger partial charge in [0.2, 0.25) is 0 Å². The Bertz CT molecular complexity index is 3540. The van der Waals surface area contributed by atoms with Crippen LogP contribution >= 0.6 is 11.3 Å². The van der Waals surface area contributed by atoms with Crippen LogP contribution in [-0.4, -0.2) is 29.9 Å². The van der Waals surface area contributed by atoms with Crippen molar-refractivity contribution in [1.29, 1.82) is 0 Å². The smallest absolute Gasteiger partial charge is 0.164 e. The number of rotatable bonds is 6. The van der Waals surface area contributed by atoms with Crippen molar-refractivity contribution in [2.24, 2.45) is 0 Å². The van der Waals surface area contributed by atoms with Crippen molar-refractivity contribution >= 4 is 64.1 Å². The van der Waals surface area contributed by atoms with Crippen LogP contribution in [0.3, 0.4) is 0 Å². The summed E-state index contributed by atoms with van der Waals surface area (Å²) in [5.74, 6) is 1.81. The van der Waals surface area contributed by atoms with E-state index >= 15 is 0 Å². The van der Waals surface area contributed by atoms with Gasteiger partial charge >= 0.3 is 0 Å². The van der Waals surface area contributed by atoms with Gasteiger partial charge in [0.25, 0.3) is 0 Å². The quantitative estimate of drug-likeness (QED) is 0.157.